The number of carbonyl (C=O) groups excluding carboxylic acids is 2. The number of benzene rings is 3. The Hall–Kier alpha value is -3.64. The second kappa shape index (κ2) is 11.7. The van der Waals surface area contributed by atoms with Crippen molar-refractivity contribution in [2.24, 2.45) is 0 Å². The maximum atomic E-state index is 13.3. The van der Waals surface area contributed by atoms with Gasteiger partial charge in [-0.05, 0) is 54.6 Å². The summed E-state index contributed by atoms with van der Waals surface area (Å²) in [5.41, 5.74) is 1.80. The lowest BCUT2D eigenvalue weighted by atomic mass is 10.0. The predicted octanol–water partition coefficient (Wildman–Crippen LogP) is 4.69. The topological polar surface area (TPSA) is 67.9 Å². The molecule has 0 unspecified atom stereocenters. The van der Waals surface area contributed by atoms with E-state index in [2.05, 4.69) is 17.1 Å². The second-order valence-corrected chi connectivity index (χ2v) is 8.73. The molecule has 35 heavy (non-hydrogen) atoms. The Morgan fingerprint density at radius 3 is 2.43 bits per heavy atom. The van der Waals surface area contributed by atoms with Crippen molar-refractivity contribution in [2.75, 3.05) is 33.4 Å². The first-order valence-electron chi connectivity index (χ1n) is 12.1. The van der Waals surface area contributed by atoms with E-state index < -0.39 is 5.97 Å². The largest absolute Gasteiger partial charge is 0.488 e. The van der Waals surface area contributed by atoms with Gasteiger partial charge in [0.1, 0.15) is 12.4 Å². The third-order valence-corrected chi connectivity index (χ3v) is 6.47. The van der Waals surface area contributed by atoms with Gasteiger partial charge in [-0.15, -0.1) is 0 Å². The van der Waals surface area contributed by atoms with E-state index in [0.29, 0.717) is 11.1 Å². The van der Waals surface area contributed by atoms with Gasteiger partial charge in [-0.1, -0.05) is 55.5 Å². The van der Waals surface area contributed by atoms with Crippen LogP contribution in [0.1, 0.15) is 35.7 Å². The van der Waals surface area contributed by atoms with Crippen molar-refractivity contribution < 1.29 is 19.1 Å². The van der Waals surface area contributed by atoms with Gasteiger partial charge in [0.2, 0.25) is 0 Å². The summed E-state index contributed by atoms with van der Waals surface area (Å²) in [6.45, 7) is 5.30. The van der Waals surface area contributed by atoms with Crippen LogP contribution in [0, 0.1) is 0 Å². The van der Waals surface area contributed by atoms with E-state index in [1.54, 1.807) is 24.3 Å². The SMILES string of the molecule is CCN1CCC(NC(=O)C(=Cc2ccc(C(=O)OC)cc2)COc2cccc3ccccc23)CC1. The summed E-state index contributed by atoms with van der Waals surface area (Å²) in [4.78, 5) is 27.5. The minimum Gasteiger partial charge on any atom is -0.488 e. The zero-order valence-electron chi connectivity index (χ0n) is 20.3. The Balaban J connectivity index is 1.54. The molecule has 1 aliphatic rings. The van der Waals surface area contributed by atoms with Gasteiger partial charge < -0.3 is 19.7 Å². The number of rotatable bonds is 8. The van der Waals surface area contributed by atoms with E-state index in [4.69, 9.17) is 9.47 Å². The summed E-state index contributed by atoms with van der Waals surface area (Å²) in [5.74, 6) is 0.215. The number of nitrogens with one attached hydrogen (secondary N) is 1. The molecule has 0 aliphatic carbocycles. The zero-order chi connectivity index (χ0) is 24.6. The highest BCUT2D eigenvalue weighted by Crippen LogP contribution is 2.26. The van der Waals surface area contributed by atoms with Crippen LogP contribution in [0.3, 0.4) is 0 Å². The summed E-state index contributed by atoms with van der Waals surface area (Å²) in [7, 11) is 1.36. The number of likely N-dealkylation sites (tertiary alicyclic amines) is 1. The van der Waals surface area contributed by atoms with Crippen molar-refractivity contribution in [1.82, 2.24) is 10.2 Å². The number of piperidine rings is 1. The molecule has 6 heteroatoms. The maximum Gasteiger partial charge on any atom is 0.337 e. The van der Waals surface area contributed by atoms with Crippen molar-refractivity contribution in [3.05, 3.63) is 83.4 Å². The number of hydrogen-bond donors (Lipinski definition) is 1. The highest BCUT2D eigenvalue weighted by atomic mass is 16.5. The van der Waals surface area contributed by atoms with E-state index >= 15 is 0 Å². The first-order valence-corrected chi connectivity index (χ1v) is 12.1. The van der Waals surface area contributed by atoms with Gasteiger partial charge >= 0.3 is 5.97 Å². The van der Waals surface area contributed by atoms with Gasteiger partial charge in [0.25, 0.3) is 5.91 Å². The van der Waals surface area contributed by atoms with Crippen molar-refractivity contribution in [3.8, 4) is 5.75 Å². The number of carbonyl (C=O) groups is 2. The maximum absolute atomic E-state index is 13.3. The third kappa shape index (κ3) is 6.28. The number of methoxy groups -OCH3 is 1. The Morgan fingerprint density at radius 2 is 1.71 bits per heavy atom. The van der Waals surface area contributed by atoms with Crippen LogP contribution in [0.2, 0.25) is 0 Å². The molecular formula is C29H32N2O4. The van der Waals surface area contributed by atoms with Gasteiger partial charge in [0.15, 0.2) is 0 Å². The van der Waals surface area contributed by atoms with Crippen molar-refractivity contribution >= 4 is 28.7 Å². The average molecular weight is 473 g/mol. The lowest BCUT2D eigenvalue weighted by Crippen LogP contribution is -2.45. The zero-order valence-corrected chi connectivity index (χ0v) is 20.3. The van der Waals surface area contributed by atoms with E-state index in [1.165, 1.54) is 7.11 Å². The number of fused-ring (bicyclic) bond motifs is 1. The first kappa shape index (κ1) is 24.5. The molecule has 0 bridgehead atoms. The quantitative estimate of drug-likeness (QED) is 0.381. The fourth-order valence-corrected chi connectivity index (χ4v) is 4.36. The minimum atomic E-state index is -0.392. The molecule has 1 heterocycles. The fraction of sp³-hybridized carbons (Fsp3) is 0.310. The highest BCUT2D eigenvalue weighted by molar-refractivity contribution is 5.98. The third-order valence-electron chi connectivity index (χ3n) is 6.47. The normalized spacial score (nSPS) is 15.1. The molecule has 3 aromatic rings. The fourth-order valence-electron chi connectivity index (χ4n) is 4.36. The Labute approximate surface area is 206 Å². The summed E-state index contributed by atoms with van der Waals surface area (Å²) in [5, 5.41) is 5.30. The van der Waals surface area contributed by atoms with E-state index in [-0.39, 0.29) is 18.6 Å². The number of amides is 1. The molecule has 4 rings (SSSR count). The van der Waals surface area contributed by atoms with Crippen LogP contribution in [0.25, 0.3) is 16.8 Å². The molecule has 1 aliphatic heterocycles. The number of nitrogens with zero attached hydrogens (tertiary/aromatic N) is 1. The number of ether oxygens (including phenoxy) is 2. The molecule has 3 aromatic carbocycles. The van der Waals surface area contributed by atoms with Crippen molar-refractivity contribution in [2.45, 2.75) is 25.8 Å². The molecule has 1 saturated heterocycles. The van der Waals surface area contributed by atoms with Crippen LogP contribution in [0.15, 0.2) is 72.3 Å². The molecule has 0 spiro atoms. The van der Waals surface area contributed by atoms with E-state index in [1.807, 2.05) is 48.5 Å². The lowest BCUT2D eigenvalue weighted by molar-refractivity contribution is -0.118. The van der Waals surface area contributed by atoms with Crippen LogP contribution >= 0.6 is 0 Å². The van der Waals surface area contributed by atoms with Crippen LogP contribution in [-0.2, 0) is 9.53 Å². The van der Waals surface area contributed by atoms with Gasteiger partial charge in [0, 0.05) is 24.5 Å². The molecular weight excluding hydrogens is 440 g/mol. The van der Waals surface area contributed by atoms with Gasteiger partial charge in [0.05, 0.1) is 18.2 Å². The standard InChI is InChI=1S/C29H32N2O4/c1-3-31-17-15-25(16-18-31)30-28(32)24(19-21-11-13-23(14-12-21)29(33)34-2)20-35-27-10-6-8-22-7-4-5-9-26(22)27/h4-14,19,25H,3,15-18,20H2,1-2H3,(H,30,32). The Bertz CT molecular complexity index is 1190. The molecule has 0 radical (unpaired) electrons. The molecule has 1 fully saturated rings. The molecule has 0 saturated carbocycles. The van der Waals surface area contributed by atoms with Crippen LogP contribution < -0.4 is 10.1 Å². The Kier molecular flexibility index (Phi) is 8.16. The molecule has 182 valence electrons. The van der Waals surface area contributed by atoms with E-state index in [0.717, 1.165) is 54.6 Å². The monoisotopic (exact) mass is 472 g/mol. The second-order valence-electron chi connectivity index (χ2n) is 8.73. The summed E-state index contributed by atoms with van der Waals surface area (Å²) >= 11 is 0. The molecule has 0 atom stereocenters. The summed E-state index contributed by atoms with van der Waals surface area (Å²) in [6, 6.07) is 21.1. The number of hydrogen-bond acceptors (Lipinski definition) is 5. The van der Waals surface area contributed by atoms with Gasteiger partial charge in [-0.25, -0.2) is 4.79 Å². The summed E-state index contributed by atoms with van der Waals surface area (Å²) < 4.78 is 10.9. The first-order chi connectivity index (χ1) is 17.1. The Morgan fingerprint density at radius 1 is 1.00 bits per heavy atom. The van der Waals surface area contributed by atoms with Crippen molar-refractivity contribution in [1.29, 1.82) is 0 Å². The molecule has 0 aromatic heterocycles. The van der Waals surface area contributed by atoms with Crippen LogP contribution in [0.5, 0.6) is 5.75 Å². The van der Waals surface area contributed by atoms with Crippen molar-refractivity contribution in [3.63, 3.8) is 0 Å². The molecule has 6 nitrogen and oxygen atoms in total. The highest BCUT2D eigenvalue weighted by Gasteiger charge is 2.21. The molecule has 1 N–H and O–H groups in total. The minimum absolute atomic E-state index is 0.128. The smallest absolute Gasteiger partial charge is 0.337 e. The van der Waals surface area contributed by atoms with E-state index in [9.17, 15) is 9.59 Å². The van der Waals surface area contributed by atoms with Gasteiger partial charge in [-0.3, -0.25) is 4.79 Å². The number of esters is 1. The molecule has 1 amide bonds. The van der Waals surface area contributed by atoms with Crippen LogP contribution in [0.4, 0.5) is 0 Å². The predicted molar refractivity (Wildman–Crippen MR) is 138 cm³/mol. The average Bonchev–Trinajstić information content (AvgIpc) is 2.91. The lowest BCUT2D eigenvalue weighted by Gasteiger charge is -2.31. The van der Waals surface area contributed by atoms with Crippen LogP contribution in [-0.4, -0.2) is 56.2 Å². The summed E-state index contributed by atoms with van der Waals surface area (Å²) in [6.07, 6.45) is 3.69. The van der Waals surface area contributed by atoms with Gasteiger partial charge in [-0.2, -0.15) is 0 Å².